The summed E-state index contributed by atoms with van der Waals surface area (Å²) in [5, 5.41) is 8.15. The van der Waals surface area contributed by atoms with Crippen LogP contribution in [0.2, 0.25) is 0 Å². The third-order valence-corrected chi connectivity index (χ3v) is 3.73. The van der Waals surface area contributed by atoms with Crippen LogP contribution in [0.25, 0.3) is 0 Å². The molecule has 22 heavy (non-hydrogen) atoms. The van der Waals surface area contributed by atoms with E-state index in [9.17, 15) is 8.78 Å². The van der Waals surface area contributed by atoms with Gasteiger partial charge in [0.05, 0.1) is 0 Å². The van der Waals surface area contributed by atoms with Crippen LogP contribution in [0.5, 0.6) is 0 Å². The summed E-state index contributed by atoms with van der Waals surface area (Å²) in [4.78, 5) is 1.87. The van der Waals surface area contributed by atoms with E-state index in [0.29, 0.717) is 17.8 Å². The van der Waals surface area contributed by atoms with Crippen LogP contribution in [-0.4, -0.2) is 24.3 Å². The molecule has 0 heterocycles. The molecule has 2 nitrogen and oxygen atoms in total. The normalized spacial score (nSPS) is 10.6. The highest BCUT2D eigenvalue weighted by atomic mass is 19.1. The van der Waals surface area contributed by atoms with Crippen LogP contribution < -0.4 is 0 Å². The van der Waals surface area contributed by atoms with E-state index in [4.69, 9.17) is 5.41 Å². The molecule has 0 atom stereocenters. The molecule has 0 spiro atoms. The summed E-state index contributed by atoms with van der Waals surface area (Å²) in [5.41, 5.74) is 3.43. The molecule has 2 aromatic carbocycles. The van der Waals surface area contributed by atoms with E-state index in [1.807, 2.05) is 44.0 Å². The lowest BCUT2D eigenvalue weighted by Gasteiger charge is -2.19. The lowest BCUT2D eigenvalue weighted by atomic mass is 9.99. The average molecular weight is 302 g/mol. The Bertz CT molecular complexity index is 675. The van der Waals surface area contributed by atoms with Crippen LogP contribution in [0.3, 0.4) is 0 Å². The SMILES string of the molecule is CCN(C)C(=N)c1ccc(Cc2cc(F)cc(F)c2)cc1C. The first-order valence-electron chi connectivity index (χ1n) is 7.25. The van der Waals surface area contributed by atoms with Crippen molar-refractivity contribution < 1.29 is 8.78 Å². The van der Waals surface area contributed by atoms with E-state index >= 15 is 0 Å². The first kappa shape index (κ1) is 16.1. The van der Waals surface area contributed by atoms with Gasteiger partial charge < -0.3 is 4.90 Å². The van der Waals surface area contributed by atoms with Crippen LogP contribution in [0.4, 0.5) is 8.78 Å². The van der Waals surface area contributed by atoms with Crippen molar-refractivity contribution in [3.8, 4) is 0 Å². The Labute approximate surface area is 129 Å². The minimum atomic E-state index is -0.560. The summed E-state index contributed by atoms with van der Waals surface area (Å²) in [6.07, 6.45) is 0.465. The molecule has 2 rings (SSSR count). The van der Waals surface area contributed by atoms with Gasteiger partial charge in [0.15, 0.2) is 0 Å². The Morgan fingerprint density at radius 3 is 2.23 bits per heavy atom. The van der Waals surface area contributed by atoms with Gasteiger partial charge in [0, 0.05) is 25.2 Å². The van der Waals surface area contributed by atoms with E-state index in [0.717, 1.165) is 29.3 Å². The molecule has 0 radical (unpaired) electrons. The van der Waals surface area contributed by atoms with Gasteiger partial charge in [-0.2, -0.15) is 0 Å². The van der Waals surface area contributed by atoms with E-state index in [-0.39, 0.29) is 0 Å². The van der Waals surface area contributed by atoms with Gasteiger partial charge in [0.1, 0.15) is 17.5 Å². The quantitative estimate of drug-likeness (QED) is 0.667. The molecule has 4 heteroatoms. The molecule has 0 aliphatic heterocycles. The van der Waals surface area contributed by atoms with Crippen molar-refractivity contribution in [3.63, 3.8) is 0 Å². The highest BCUT2D eigenvalue weighted by Gasteiger charge is 2.10. The molecule has 0 bridgehead atoms. The molecule has 0 saturated heterocycles. The summed E-state index contributed by atoms with van der Waals surface area (Å²) in [5.74, 6) is -0.646. The van der Waals surface area contributed by atoms with Crippen molar-refractivity contribution in [1.82, 2.24) is 4.90 Å². The van der Waals surface area contributed by atoms with Gasteiger partial charge in [-0.15, -0.1) is 0 Å². The lowest BCUT2D eigenvalue weighted by Crippen LogP contribution is -2.26. The molecule has 0 fully saturated rings. The van der Waals surface area contributed by atoms with Gasteiger partial charge in [0.2, 0.25) is 0 Å². The van der Waals surface area contributed by atoms with E-state index in [1.54, 1.807) is 0 Å². The predicted octanol–water partition coefficient (Wildman–Crippen LogP) is 4.14. The van der Waals surface area contributed by atoms with Crippen molar-refractivity contribution in [2.24, 2.45) is 0 Å². The van der Waals surface area contributed by atoms with E-state index in [2.05, 4.69) is 0 Å². The van der Waals surface area contributed by atoms with Crippen molar-refractivity contribution in [2.75, 3.05) is 13.6 Å². The molecule has 0 aliphatic carbocycles. The largest absolute Gasteiger partial charge is 0.360 e. The molecule has 0 unspecified atom stereocenters. The zero-order chi connectivity index (χ0) is 16.3. The second-order valence-electron chi connectivity index (χ2n) is 5.47. The standard InChI is InChI=1S/C18H20F2N2/c1-4-22(3)18(21)17-6-5-13(7-12(17)2)8-14-9-15(19)11-16(20)10-14/h5-7,9-11,21H,4,8H2,1-3H3. The molecule has 0 amide bonds. The van der Waals surface area contributed by atoms with Crippen LogP contribution >= 0.6 is 0 Å². The zero-order valence-corrected chi connectivity index (χ0v) is 13.1. The predicted molar refractivity (Wildman–Crippen MR) is 85.5 cm³/mol. The summed E-state index contributed by atoms with van der Waals surface area (Å²) >= 11 is 0. The van der Waals surface area contributed by atoms with Crippen LogP contribution in [-0.2, 0) is 6.42 Å². The summed E-state index contributed by atoms with van der Waals surface area (Å²) in [6, 6.07) is 9.34. The van der Waals surface area contributed by atoms with Crippen molar-refractivity contribution in [3.05, 3.63) is 70.3 Å². The topological polar surface area (TPSA) is 27.1 Å². The summed E-state index contributed by atoms with van der Waals surface area (Å²) in [6.45, 7) is 4.71. The van der Waals surface area contributed by atoms with Crippen molar-refractivity contribution in [2.45, 2.75) is 20.3 Å². The first-order chi connectivity index (χ1) is 10.4. The number of nitrogens with one attached hydrogen (secondary N) is 1. The third kappa shape index (κ3) is 3.70. The van der Waals surface area contributed by atoms with Gasteiger partial charge in [-0.05, 0) is 49.1 Å². The Morgan fingerprint density at radius 2 is 1.68 bits per heavy atom. The van der Waals surface area contributed by atoms with E-state index < -0.39 is 11.6 Å². The Balaban J connectivity index is 2.24. The molecular weight excluding hydrogens is 282 g/mol. The average Bonchev–Trinajstić information content (AvgIpc) is 2.44. The number of amidine groups is 1. The highest BCUT2D eigenvalue weighted by Crippen LogP contribution is 2.17. The number of benzene rings is 2. The fourth-order valence-electron chi connectivity index (χ4n) is 2.41. The lowest BCUT2D eigenvalue weighted by molar-refractivity contribution is 0.532. The monoisotopic (exact) mass is 302 g/mol. The van der Waals surface area contributed by atoms with Gasteiger partial charge in [-0.1, -0.05) is 18.2 Å². The van der Waals surface area contributed by atoms with Crippen molar-refractivity contribution in [1.29, 1.82) is 5.41 Å². The van der Waals surface area contributed by atoms with Gasteiger partial charge in [0.25, 0.3) is 0 Å². The third-order valence-electron chi connectivity index (χ3n) is 3.73. The Kier molecular flexibility index (Phi) is 4.91. The molecule has 2 aromatic rings. The number of halogens is 2. The Morgan fingerprint density at radius 1 is 1.05 bits per heavy atom. The van der Waals surface area contributed by atoms with Gasteiger partial charge in [-0.3, -0.25) is 5.41 Å². The fraction of sp³-hybridized carbons (Fsp3) is 0.278. The number of aryl methyl sites for hydroxylation is 1. The molecule has 0 aliphatic rings. The highest BCUT2D eigenvalue weighted by molar-refractivity contribution is 5.97. The number of hydrogen-bond acceptors (Lipinski definition) is 1. The maximum atomic E-state index is 13.2. The van der Waals surface area contributed by atoms with Crippen LogP contribution in [0, 0.1) is 24.0 Å². The van der Waals surface area contributed by atoms with Gasteiger partial charge >= 0.3 is 0 Å². The molecule has 0 aromatic heterocycles. The maximum absolute atomic E-state index is 13.2. The minimum absolute atomic E-state index is 0.465. The molecule has 1 N–H and O–H groups in total. The van der Waals surface area contributed by atoms with Crippen LogP contribution in [0.1, 0.15) is 29.2 Å². The second kappa shape index (κ2) is 6.69. The molecule has 116 valence electrons. The number of nitrogens with zero attached hydrogens (tertiary/aromatic N) is 1. The maximum Gasteiger partial charge on any atom is 0.128 e. The second-order valence-corrected chi connectivity index (χ2v) is 5.47. The molecular formula is C18H20F2N2. The van der Waals surface area contributed by atoms with Gasteiger partial charge in [-0.25, -0.2) is 8.78 Å². The molecule has 0 saturated carbocycles. The van der Waals surface area contributed by atoms with E-state index in [1.165, 1.54) is 12.1 Å². The first-order valence-corrected chi connectivity index (χ1v) is 7.25. The fourth-order valence-corrected chi connectivity index (χ4v) is 2.41. The van der Waals surface area contributed by atoms with Crippen LogP contribution in [0.15, 0.2) is 36.4 Å². The summed E-state index contributed by atoms with van der Waals surface area (Å²) in [7, 11) is 1.88. The number of hydrogen-bond donors (Lipinski definition) is 1. The number of rotatable bonds is 4. The minimum Gasteiger partial charge on any atom is -0.360 e. The Hall–Kier alpha value is -2.23. The zero-order valence-electron chi connectivity index (χ0n) is 13.1. The smallest absolute Gasteiger partial charge is 0.128 e. The summed E-state index contributed by atoms with van der Waals surface area (Å²) < 4.78 is 26.5. The van der Waals surface area contributed by atoms with Crippen molar-refractivity contribution >= 4 is 5.84 Å².